The van der Waals surface area contributed by atoms with Crippen molar-refractivity contribution in [3.05, 3.63) is 0 Å². The van der Waals surface area contributed by atoms with Crippen molar-refractivity contribution >= 4 is 6.09 Å². The Morgan fingerprint density at radius 1 is 0.549 bits per heavy atom. The minimum atomic E-state index is -1.31. The highest BCUT2D eigenvalue weighted by atomic mass is 16.6. The second-order valence-corrected chi connectivity index (χ2v) is 15.7. The molecule has 51 heavy (non-hydrogen) atoms. The fourth-order valence-electron chi connectivity index (χ4n) is 7.44. The average molecular weight is 727 g/mol. The molecule has 1 saturated heterocycles. The van der Waals surface area contributed by atoms with Crippen LogP contribution in [0.1, 0.15) is 219 Å². The average Bonchev–Trinajstić information content (AvgIpc) is 3.13. The summed E-state index contributed by atoms with van der Waals surface area (Å²) in [7, 11) is 0. The topological polar surface area (TPSA) is 125 Å². The number of carbonyl (C=O) groups excluding carboxylic acids is 1. The van der Waals surface area contributed by atoms with Crippen LogP contribution in [-0.4, -0.2) is 76.7 Å². The van der Waals surface area contributed by atoms with Crippen molar-refractivity contribution in [1.29, 1.82) is 0 Å². The van der Waals surface area contributed by atoms with Gasteiger partial charge in [0, 0.05) is 6.54 Å². The molecule has 0 aromatic carbocycles. The van der Waals surface area contributed by atoms with E-state index in [0.717, 1.165) is 38.5 Å². The first-order valence-electron chi connectivity index (χ1n) is 22.3. The quantitative estimate of drug-likeness (QED) is 0.0474. The van der Waals surface area contributed by atoms with Gasteiger partial charge in [0.1, 0.15) is 18.3 Å². The molecule has 304 valence electrons. The van der Waals surface area contributed by atoms with E-state index in [-0.39, 0.29) is 0 Å². The van der Waals surface area contributed by atoms with Crippen LogP contribution in [0.3, 0.4) is 0 Å². The molecule has 1 fully saturated rings. The Morgan fingerprint density at radius 2 is 0.882 bits per heavy atom. The van der Waals surface area contributed by atoms with Crippen LogP contribution in [0.25, 0.3) is 0 Å². The molecule has 1 rings (SSSR count). The molecule has 0 aliphatic carbocycles. The van der Waals surface area contributed by atoms with Gasteiger partial charge in [0.2, 0.25) is 0 Å². The number of hydrogen-bond donors (Lipinski definition) is 4. The Morgan fingerprint density at radius 3 is 1.24 bits per heavy atom. The molecule has 0 aromatic heterocycles. The summed E-state index contributed by atoms with van der Waals surface area (Å²) < 4.78 is 11.6. The second-order valence-electron chi connectivity index (χ2n) is 15.7. The molecule has 1 aliphatic rings. The number of rotatable bonds is 36. The Hall–Kier alpha value is -0.930. The summed E-state index contributed by atoms with van der Waals surface area (Å²) in [4.78, 5) is 14.8. The van der Waals surface area contributed by atoms with Crippen LogP contribution in [0.5, 0.6) is 0 Å². The summed E-state index contributed by atoms with van der Waals surface area (Å²) in [5.74, 6) is 0. The van der Waals surface area contributed by atoms with Crippen molar-refractivity contribution in [3.8, 4) is 0 Å². The molecular formula is C43H86N2O6. The van der Waals surface area contributed by atoms with Crippen molar-refractivity contribution in [2.75, 3.05) is 19.8 Å². The molecular weight excluding hydrogens is 640 g/mol. The van der Waals surface area contributed by atoms with Gasteiger partial charge in [0.25, 0.3) is 0 Å². The van der Waals surface area contributed by atoms with E-state index in [1.165, 1.54) is 172 Å². The number of carbonyl (C=O) groups is 1. The summed E-state index contributed by atoms with van der Waals surface area (Å²) in [6.45, 7) is 4.81. The van der Waals surface area contributed by atoms with Crippen LogP contribution < -0.4 is 5.73 Å². The number of amides is 1. The van der Waals surface area contributed by atoms with Crippen LogP contribution in [0, 0.1) is 0 Å². The maximum absolute atomic E-state index is 13.3. The molecule has 8 nitrogen and oxygen atoms in total. The van der Waals surface area contributed by atoms with E-state index < -0.39 is 43.3 Å². The van der Waals surface area contributed by atoms with Crippen molar-refractivity contribution < 1.29 is 29.6 Å². The van der Waals surface area contributed by atoms with Crippen molar-refractivity contribution in [1.82, 2.24) is 4.90 Å². The van der Waals surface area contributed by atoms with Gasteiger partial charge in [-0.25, -0.2) is 4.79 Å². The lowest BCUT2D eigenvalue weighted by molar-refractivity contribution is -0.221. The fraction of sp³-hybridized carbons (Fsp3) is 0.977. The SMILES string of the molecule is CCCCCCCCCCCCCCCCCCOC(=O)N(CCCCCCCCCCCCCCCCCC)[C@@H]1O[C@H](CO)[C@H](O)[C@H](O)[C@H]1N. The van der Waals surface area contributed by atoms with E-state index in [9.17, 15) is 20.1 Å². The predicted octanol–water partition coefficient (Wildman–Crippen LogP) is 10.7. The molecule has 1 heterocycles. The van der Waals surface area contributed by atoms with E-state index in [4.69, 9.17) is 15.2 Å². The molecule has 5 N–H and O–H groups in total. The van der Waals surface area contributed by atoms with Gasteiger partial charge in [-0.3, -0.25) is 4.90 Å². The molecule has 8 heteroatoms. The zero-order chi connectivity index (χ0) is 37.2. The summed E-state index contributed by atoms with van der Waals surface area (Å²) >= 11 is 0. The van der Waals surface area contributed by atoms with Crippen molar-refractivity contribution in [3.63, 3.8) is 0 Å². The van der Waals surface area contributed by atoms with Crippen molar-refractivity contribution in [2.24, 2.45) is 5.73 Å². The summed E-state index contributed by atoms with van der Waals surface area (Å²) in [5.41, 5.74) is 6.26. The minimum absolute atomic E-state index is 0.337. The third-order valence-electron chi connectivity index (χ3n) is 11.0. The van der Waals surface area contributed by atoms with Gasteiger partial charge in [-0.15, -0.1) is 0 Å². The van der Waals surface area contributed by atoms with Gasteiger partial charge in [0.05, 0.1) is 19.3 Å². The normalized spacial score (nSPS) is 20.5. The third kappa shape index (κ3) is 24.9. The molecule has 0 aromatic rings. The Labute approximate surface area is 315 Å². The monoisotopic (exact) mass is 727 g/mol. The second kappa shape index (κ2) is 34.8. The van der Waals surface area contributed by atoms with E-state index in [1.54, 1.807) is 0 Å². The van der Waals surface area contributed by atoms with Crippen molar-refractivity contribution in [2.45, 2.75) is 250 Å². The fourth-order valence-corrected chi connectivity index (χ4v) is 7.44. The van der Waals surface area contributed by atoms with Crippen LogP contribution in [0.4, 0.5) is 4.79 Å². The number of unbranched alkanes of at least 4 members (excludes halogenated alkanes) is 30. The summed E-state index contributed by atoms with van der Waals surface area (Å²) in [5, 5.41) is 30.6. The predicted molar refractivity (Wildman–Crippen MR) is 213 cm³/mol. The number of nitrogens with two attached hydrogens (primary N) is 1. The van der Waals surface area contributed by atoms with Gasteiger partial charge >= 0.3 is 6.09 Å². The van der Waals surface area contributed by atoms with E-state index in [1.807, 2.05) is 0 Å². The Kier molecular flexibility index (Phi) is 32.8. The van der Waals surface area contributed by atoms with Crippen LogP contribution >= 0.6 is 0 Å². The maximum atomic E-state index is 13.3. The van der Waals surface area contributed by atoms with Gasteiger partial charge in [-0.05, 0) is 12.8 Å². The molecule has 5 atom stereocenters. The first-order chi connectivity index (χ1) is 25.0. The number of nitrogens with zero attached hydrogens (tertiary/aromatic N) is 1. The largest absolute Gasteiger partial charge is 0.449 e. The highest BCUT2D eigenvalue weighted by Gasteiger charge is 2.46. The van der Waals surface area contributed by atoms with Crippen LogP contribution in [0.15, 0.2) is 0 Å². The zero-order valence-corrected chi connectivity index (χ0v) is 33.7. The number of hydrogen-bond acceptors (Lipinski definition) is 7. The van der Waals surface area contributed by atoms with Gasteiger partial charge < -0.3 is 30.5 Å². The third-order valence-corrected chi connectivity index (χ3v) is 11.0. The maximum Gasteiger partial charge on any atom is 0.411 e. The van der Waals surface area contributed by atoms with Crippen LogP contribution in [-0.2, 0) is 9.47 Å². The highest BCUT2D eigenvalue weighted by molar-refractivity contribution is 5.68. The van der Waals surface area contributed by atoms with Gasteiger partial charge in [-0.2, -0.15) is 0 Å². The van der Waals surface area contributed by atoms with Gasteiger partial charge in [0.15, 0.2) is 6.23 Å². The standard InChI is InChI=1S/C43H86N2O6/c1-3-5-7-9-11-13-15-17-19-21-23-25-27-29-31-33-35-45(42-39(44)41(48)40(47)38(37-46)51-42)43(49)50-36-34-32-30-28-26-24-22-20-18-16-14-12-10-8-6-4-2/h38-42,46-48H,3-37,44H2,1-2H3/t38-,39-,40+,41-,42-/m1/s1. The number of ether oxygens (including phenoxy) is 2. The molecule has 0 bridgehead atoms. The lowest BCUT2D eigenvalue weighted by atomic mass is 9.96. The smallest absolute Gasteiger partial charge is 0.411 e. The molecule has 0 spiro atoms. The van der Waals surface area contributed by atoms with E-state index in [0.29, 0.717) is 13.2 Å². The first-order valence-corrected chi connectivity index (χ1v) is 22.3. The van der Waals surface area contributed by atoms with E-state index in [2.05, 4.69) is 13.8 Å². The first kappa shape index (κ1) is 48.1. The molecule has 1 aliphatic heterocycles. The zero-order valence-electron chi connectivity index (χ0n) is 33.7. The molecule has 0 radical (unpaired) electrons. The minimum Gasteiger partial charge on any atom is -0.449 e. The lowest BCUT2D eigenvalue weighted by Crippen LogP contribution is -2.67. The number of aliphatic hydroxyl groups excluding tert-OH is 3. The Bertz CT molecular complexity index is 756. The molecule has 0 unspecified atom stereocenters. The van der Waals surface area contributed by atoms with E-state index >= 15 is 0 Å². The number of aliphatic hydroxyl groups is 3. The summed E-state index contributed by atoms with van der Waals surface area (Å²) in [6, 6.07) is -0.994. The van der Waals surface area contributed by atoms with Crippen LogP contribution in [0.2, 0.25) is 0 Å². The van der Waals surface area contributed by atoms with Gasteiger partial charge in [-0.1, -0.05) is 206 Å². The molecule has 0 saturated carbocycles. The summed E-state index contributed by atoms with van der Waals surface area (Å²) in [6.07, 6.45) is 35.9. The Balaban J connectivity index is 2.24. The molecule has 1 amide bonds. The highest BCUT2D eigenvalue weighted by Crippen LogP contribution is 2.24. The lowest BCUT2D eigenvalue weighted by Gasteiger charge is -2.44.